The summed E-state index contributed by atoms with van der Waals surface area (Å²) in [6, 6.07) is 1.73. The van der Waals surface area contributed by atoms with E-state index in [9.17, 15) is 0 Å². The van der Waals surface area contributed by atoms with Gasteiger partial charge in [-0.2, -0.15) is 0 Å². The van der Waals surface area contributed by atoms with Crippen LogP contribution in [0.25, 0.3) is 0 Å². The molecule has 2 aromatic heterocycles. The normalized spacial score (nSPS) is 10.6. The summed E-state index contributed by atoms with van der Waals surface area (Å²) in [4.78, 5) is 12.5. The highest BCUT2D eigenvalue weighted by Gasteiger charge is 2.00. The zero-order valence-electron chi connectivity index (χ0n) is 10.5. The van der Waals surface area contributed by atoms with Gasteiger partial charge in [0.05, 0.1) is 0 Å². The first-order valence-corrected chi connectivity index (χ1v) is 6.26. The lowest BCUT2D eigenvalue weighted by molar-refractivity contribution is 0.642. The van der Waals surface area contributed by atoms with Crippen LogP contribution in [0.1, 0.15) is 18.1 Å². The Morgan fingerprint density at radius 1 is 1.33 bits per heavy atom. The average molecular weight is 266 g/mol. The average Bonchev–Trinajstić information content (AvgIpc) is 2.69. The van der Waals surface area contributed by atoms with Crippen molar-refractivity contribution in [1.29, 1.82) is 0 Å². The van der Waals surface area contributed by atoms with Gasteiger partial charge in [-0.1, -0.05) is 11.6 Å². The summed E-state index contributed by atoms with van der Waals surface area (Å²) in [7, 11) is 0. The Bertz CT molecular complexity index is 503. The zero-order valence-corrected chi connectivity index (χ0v) is 11.3. The van der Waals surface area contributed by atoms with Gasteiger partial charge in [-0.3, -0.25) is 0 Å². The van der Waals surface area contributed by atoms with E-state index in [1.165, 1.54) is 0 Å². The summed E-state index contributed by atoms with van der Waals surface area (Å²) >= 11 is 5.86. The van der Waals surface area contributed by atoms with Crippen LogP contribution in [0.5, 0.6) is 0 Å². The van der Waals surface area contributed by atoms with Gasteiger partial charge < -0.3 is 9.88 Å². The predicted octanol–water partition coefficient (Wildman–Crippen LogP) is 2.45. The van der Waals surface area contributed by atoms with E-state index in [1.54, 1.807) is 6.07 Å². The lowest BCUT2D eigenvalue weighted by Gasteiger charge is -2.08. The molecule has 0 radical (unpaired) electrons. The van der Waals surface area contributed by atoms with Crippen LogP contribution in [0.15, 0.2) is 18.5 Å². The van der Waals surface area contributed by atoms with E-state index in [4.69, 9.17) is 11.6 Å². The summed E-state index contributed by atoms with van der Waals surface area (Å²) in [5.41, 5.74) is 0. The second-order valence-corrected chi connectivity index (χ2v) is 4.46. The van der Waals surface area contributed by atoms with Gasteiger partial charge in [-0.05, 0) is 20.3 Å². The molecule has 0 unspecified atom stereocenters. The first-order chi connectivity index (χ1) is 8.65. The summed E-state index contributed by atoms with van der Waals surface area (Å²) in [6.45, 7) is 5.61. The van der Waals surface area contributed by atoms with E-state index < -0.39 is 0 Å². The second kappa shape index (κ2) is 5.82. The van der Waals surface area contributed by atoms with Gasteiger partial charge in [0.1, 0.15) is 22.6 Å². The molecule has 2 rings (SSSR count). The number of nitrogens with one attached hydrogen (secondary N) is 1. The van der Waals surface area contributed by atoms with E-state index in [1.807, 2.05) is 26.2 Å². The molecule has 5 nitrogen and oxygen atoms in total. The molecule has 2 heterocycles. The standard InChI is InChI=1S/C12H16ClN5/c1-9-16-11(13)8-12(17-9)15-4-3-6-18-7-5-14-10(18)2/h5,7-8H,3-4,6H2,1-2H3,(H,15,16,17). The minimum Gasteiger partial charge on any atom is -0.370 e. The molecule has 0 atom stereocenters. The minimum absolute atomic E-state index is 0.468. The Hall–Kier alpha value is -1.62. The molecule has 0 saturated heterocycles. The number of aryl methyl sites for hydroxylation is 3. The summed E-state index contributed by atoms with van der Waals surface area (Å²) in [5.74, 6) is 2.49. The molecule has 96 valence electrons. The van der Waals surface area contributed by atoms with Crippen LogP contribution >= 0.6 is 11.6 Å². The Balaban J connectivity index is 1.80. The lowest BCUT2D eigenvalue weighted by Crippen LogP contribution is -2.08. The number of aromatic nitrogens is 4. The van der Waals surface area contributed by atoms with Crippen LogP contribution in [-0.2, 0) is 6.54 Å². The maximum atomic E-state index is 5.86. The SMILES string of the molecule is Cc1nc(Cl)cc(NCCCn2ccnc2C)n1. The van der Waals surface area contributed by atoms with Crippen LogP contribution in [-0.4, -0.2) is 26.1 Å². The molecular formula is C12H16ClN5. The Morgan fingerprint density at radius 2 is 2.17 bits per heavy atom. The van der Waals surface area contributed by atoms with Crippen molar-refractivity contribution in [2.45, 2.75) is 26.8 Å². The van der Waals surface area contributed by atoms with E-state index in [0.717, 1.165) is 31.2 Å². The fourth-order valence-electron chi connectivity index (χ4n) is 1.73. The van der Waals surface area contributed by atoms with E-state index in [-0.39, 0.29) is 0 Å². The van der Waals surface area contributed by atoms with E-state index in [2.05, 4.69) is 24.8 Å². The molecule has 18 heavy (non-hydrogen) atoms. The molecule has 2 aromatic rings. The summed E-state index contributed by atoms with van der Waals surface area (Å²) in [5, 5.41) is 3.71. The Labute approximate surface area is 111 Å². The van der Waals surface area contributed by atoms with Crippen LogP contribution in [0.3, 0.4) is 0 Å². The second-order valence-electron chi connectivity index (χ2n) is 4.07. The molecule has 1 N–H and O–H groups in total. The largest absolute Gasteiger partial charge is 0.370 e. The molecule has 0 aliphatic carbocycles. The molecule has 0 aromatic carbocycles. The molecule has 0 aliphatic heterocycles. The number of nitrogens with zero attached hydrogens (tertiary/aromatic N) is 4. The van der Waals surface area contributed by atoms with Gasteiger partial charge in [-0.25, -0.2) is 15.0 Å². The van der Waals surface area contributed by atoms with Crippen molar-refractivity contribution in [3.63, 3.8) is 0 Å². The third-order valence-electron chi connectivity index (χ3n) is 2.61. The highest BCUT2D eigenvalue weighted by atomic mass is 35.5. The molecule has 0 spiro atoms. The van der Waals surface area contributed by atoms with Crippen molar-refractivity contribution in [3.8, 4) is 0 Å². The predicted molar refractivity (Wildman–Crippen MR) is 71.8 cm³/mol. The lowest BCUT2D eigenvalue weighted by atomic mass is 10.4. The van der Waals surface area contributed by atoms with E-state index >= 15 is 0 Å². The highest BCUT2D eigenvalue weighted by molar-refractivity contribution is 6.29. The monoisotopic (exact) mass is 265 g/mol. The van der Waals surface area contributed by atoms with Gasteiger partial charge >= 0.3 is 0 Å². The van der Waals surface area contributed by atoms with Crippen molar-refractivity contribution in [1.82, 2.24) is 19.5 Å². The fourth-order valence-corrected chi connectivity index (χ4v) is 1.95. The van der Waals surface area contributed by atoms with Crippen molar-refractivity contribution >= 4 is 17.4 Å². The maximum Gasteiger partial charge on any atom is 0.134 e. The molecule has 0 amide bonds. The summed E-state index contributed by atoms with van der Waals surface area (Å²) in [6.07, 6.45) is 4.80. The molecule has 0 saturated carbocycles. The first kappa shape index (κ1) is 12.8. The van der Waals surface area contributed by atoms with Gasteiger partial charge in [0.15, 0.2) is 0 Å². The number of halogens is 1. The number of imidazole rings is 1. The van der Waals surface area contributed by atoms with Crippen molar-refractivity contribution < 1.29 is 0 Å². The van der Waals surface area contributed by atoms with Gasteiger partial charge in [0.25, 0.3) is 0 Å². The van der Waals surface area contributed by atoms with Crippen LogP contribution in [0.4, 0.5) is 5.82 Å². The number of rotatable bonds is 5. The molecule has 0 aliphatic rings. The number of anilines is 1. The van der Waals surface area contributed by atoms with Crippen molar-refractivity contribution in [2.24, 2.45) is 0 Å². The topological polar surface area (TPSA) is 55.6 Å². The quantitative estimate of drug-likeness (QED) is 0.666. The van der Waals surface area contributed by atoms with Crippen molar-refractivity contribution in [2.75, 3.05) is 11.9 Å². The Morgan fingerprint density at radius 3 is 2.83 bits per heavy atom. The first-order valence-electron chi connectivity index (χ1n) is 5.88. The molecule has 0 fully saturated rings. The number of hydrogen-bond acceptors (Lipinski definition) is 4. The van der Waals surface area contributed by atoms with Crippen LogP contribution in [0, 0.1) is 13.8 Å². The maximum absolute atomic E-state index is 5.86. The van der Waals surface area contributed by atoms with Gasteiger partial charge in [-0.15, -0.1) is 0 Å². The van der Waals surface area contributed by atoms with Crippen LogP contribution < -0.4 is 5.32 Å². The van der Waals surface area contributed by atoms with Crippen molar-refractivity contribution in [3.05, 3.63) is 35.3 Å². The van der Waals surface area contributed by atoms with E-state index in [0.29, 0.717) is 11.0 Å². The highest BCUT2D eigenvalue weighted by Crippen LogP contribution is 2.11. The number of hydrogen-bond donors (Lipinski definition) is 1. The van der Waals surface area contributed by atoms with Gasteiger partial charge in [0.2, 0.25) is 0 Å². The summed E-state index contributed by atoms with van der Waals surface area (Å²) < 4.78 is 2.12. The smallest absolute Gasteiger partial charge is 0.134 e. The third-order valence-corrected chi connectivity index (χ3v) is 2.81. The van der Waals surface area contributed by atoms with Crippen LogP contribution in [0.2, 0.25) is 5.15 Å². The fraction of sp³-hybridized carbons (Fsp3) is 0.417. The molecule has 6 heteroatoms. The minimum atomic E-state index is 0.468. The molecular weight excluding hydrogens is 250 g/mol. The zero-order chi connectivity index (χ0) is 13.0. The molecule has 0 bridgehead atoms. The van der Waals surface area contributed by atoms with Gasteiger partial charge in [0, 0.05) is 31.5 Å². The Kier molecular flexibility index (Phi) is 4.15. The third kappa shape index (κ3) is 3.43.